The van der Waals surface area contributed by atoms with E-state index in [1.165, 1.54) is 7.11 Å². The fourth-order valence-electron chi connectivity index (χ4n) is 0.958. The van der Waals surface area contributed by atoms with Gasteiger partial charge in [0.2, 0.25) is 6.78 Å². The van der Waals surface area contributed by atoms with Crippen LogP contribution in [0.15, 0.2) is 4.76 Å². The number of carbonyl (C=O) groups excluding carboxylic acids is 1. The van der Waals surface area contributed by atoms with E-state index in [1.807, 2.05) is 4.90 Å². The van der Waals surface area contributed by atoms with E-state index >= 15 is 0 Å². The third kappa shape index (κ3) is 3.81. The summed E-state index contributed by atoms with van der Waals surface area (Å²) in [6, 6.07) is 0. The standard InChI is InChI=1S/C6H9Cl2N2O2PS/c1-12-5(11)4-10-2-3-14-6(10)9-13(7)8/h2-4H2,1H3/b9-6-. The van der Waals surface area contributed by atoms with Crippen molar-refractivity contribution in [3.05, 3.63) is 0 Å². The van der Waals surface area contributed by atoms with Gasteiger partial charge in [-0.1, -0.05) is 34.2 Å². The summed E-state index contributed by atoms with van der Waals surface area (Å²) in [6.45, 7) is -0.369. The molecule has 1 aliphatic rings. The predicted octanol–water partition coefficient (Wildman–Crippen LogP) is 2.27. The van der Waals surface area contributed by atoms with E-state index in [-0.39, 0.29) is 12.5 Å². The van der Waals surface area contributed by atoms with Gasteiger partial charge in [-0.15, -0.1) is 0 Å². The summed E-state index contributed by atoms with van der Waals surface area (Å²) < 4.78 is 8.60. The Bertz CT molecular complexity index is 252. The van der Waals surface area contributed by atoms with Gasteiger partial charge >= 0.3 is 5.97 Å². The van der Waals surface area contributed by atoms with Crippen LogP contribution in [0.2, 0.25) is 0 Å². The highest BCUT2D eigenvalue weighted by Crippen LogP contribution is 2.49. The quantitative estimate of drug-likeness (QED) is 0.585. The number of thioether (sulfide) groups is 1. The van der Waals surface area contributed by atoms with Crippen molar-refractivity contribution < 1.29 is 9.53 Å². The second-order valence-corrected chi connectivity index (χ2v) is 6.58. The minimum atomic E-state index is -1.35. The zero-order valence-electron chi connectivity index (χ0n) is 7.44. The van der Waals surface area contributed by atoms with Gasteiger partial charge in [-0.25, -0.2) is 4.76 Å². The molecule has 0 bridgehead atoms. The minimum absolute atomic E-state index is 0.208. The molecule has 0 aliphatic carbocycles. The van der Waals surface area contributed by atoms with E-state index in [0.717, 1.165) is 17.5 Å². The number of carbonyl (C=O) groups is 1. The molecule has 0 aromatic heterocycles. The van der Waals surface area contributed by atoms with Gasteiger partial charge in [-0.3, -0.25) is 4.79 Å². The first-order valence-electron chi connectivity index (χ1n) is 3.78. The molecule has 0 amide bonds. The van der Waals surface area contributed by atoms with Gasteiger partial charge < -0.3 is 9.64 Å². The lowest BCUT2D eigenvalue weighted by Crippen LogP contribution is -2.31. The van der Waals surface area contributed by atoms with Crippen LogP contribution in [0.25, 0.3) is 0 Å². The van der Waals surface area contributed by atoms with E-state index in [2.05, 4.69) is 9.50 Å². The van der Waals surface area contributed by atoms with Gasteiger partial charge in [0.05, 0.1) is 7.11 Å². The summed E-state index contributed by atoms with van der Waals surface area (Å²) >= 11 is 12.7. The Morgan fingerprint density at radius 2 is 2.50 bits per heavy atom. The summed E-state index contributed by atoms with van der Waals surface area (Å²) in [4.78, 5) is 12.8. The number of halogens is 2. The van der Waals surface area contributed by atoms with Crippen LogP contribution in [-0.2, 0) is 9.53 Å². The van der Waals surface area contributed by atoms with Crippen molar-refractivity contribution in [3.63, 3.8) is 0 Å². The molecule has 14 heavy (non-hydrogen) atoms. The zero-order chi connectivity index (χ0) is 10.6. The van der Waals surface area contributed by atoms with Crippen molar-refractivity contribution in [3.8, 4) is 0 Å². The van der Waals surface area contributed by atoms with Gasteiger partial charge in [0.15, 0.2) is 5.17 Å². The van der Waals surface area contributed by atoms with Crippen LogP contribution in [0, 0.1) is 0 Å². The molecule has 0 saturated carbocycles. The van der Waals surface area contributed by atoms with Crippen LogP contribution < -0.4 is 0 Å². The van der Waals surface area contributed by atoms with Gasteiger partial charge in [0, 0.05) is 12.3 Å². The summed E-state index contributed by atoms with van der Waals surface area (Å²) in [5.74, 6) is 0.612. The maximum atomic E-state index is 11.0. The second kappa shape index (κ2) is 6.01. The van der Waals surface area contributed by atoms with Crippen LogP contribution in [0.1, 0.15) is 0 Å². The molecule has 0 unspecified atom stereocenters. The smallest absolute Gasteiger partial charge is 0.325 e. The van der Waals surface area contributed by atoms with Crippen molar-refractivity contribution >= 4 is 52.2 Å². The fraction of sp³-hybridized carbons (Fsp3) is 0.667. The average Bonchev–Trinajstić information content (AvgIpc) is 2.52. The first-order valence-corrected chi connectivity index (χ1v) is 7.87. The average molecular weight is 275 g/mol. The van der Waals surface area contributed by atoms with E-state index in [0.29, 0.717) is 0 Å². The fourth-order valence-corrected chi connectivity index (χ4v) is 3.22. The largest absolute Gasteiger partial charge is 0.468 e. The van der Waals surface area contributed by atoms with Crippen molar-refractivity contribution in [1.82, 2.24) is 4.90 Å². The Morgan fingerprint density at radius 1 is 1.79 bits per heavy atom. The number of hydrogen-bond donors (Lipinski definition) is 0. The number of ether oxygens (including phenoxy) is 1. The maximum Gasteiger partial charge on any atom is 0.325 e. The first-order chi connectivity index (χ1) is 6.63. The highest BCUT2D eigenvalue weighted by molar-refractivity contribution is 8.15. The molecule has 1 heterocycles. The number of amidine groups is 1. The molecular formula is C6H9Cl2N2O2PS. The molecular weight excluding hydrogens is 266 g/mol. The Balaban J connectivity index is 2.55. The summed E-state index contributed by atoms with van der Waals surface area (Å²) in [5.41, 5.74) is 0. The summed E-state index contributed by atoms with van der Waals surface area (Å²) in [5, 5.41) is 0.728. The topological polar surface area (TPSA) is 41.9 Å². The van der Waals surface area contributed by atoms with Crippen LogP contribution >= 0.6 is 41.0 Å². The highest BCUT2D eigenvalue weighted by Gasteiger charge is 2.22. The summed E-state index contributed by atoms with van der Waals surface area (Å²) in [6.07, 6.45) is 0. The normalized spacial score (nSPS) is 19.4. The minimum Gasteiger partial charge on any atom is -0.468 e. The van der Waals surface area contributed by atoms with Gasteiger partial charge in [-0.05, 0) is 0 Å². The van der Waals surface area contributed by atoms with Crippen molar-refractivity contribution in [2.75, 3.05) is 26.0 Å². The lowest BCUT2D eigenvalue weighted by molar-refractivity contribution is -0.140. The van der Waals surface area contributed by atoms with Crippen LogP contribution in [0.3, 0.4) is 0 Å². The number of esters is 1. The number of methoxy groups -OCH3 is 1. The van der Waals surface area contributed by atoms with Crippen molar-refractivity contribution in [1.29, 1.82) is 0 Å². The van der Waals surface area contributed by atoms with Crippen molar-refractivity contribution in [2.24, 2.45) is 4.76 Å². The third-order valence-corrected chi connectivity index (χ3v) is 3.50. The first kappa shape index (κ1) is 12.4. The Labute approximate surface area is 97.4 Å². The van der Waals surface area contributed by atoms with E-state index in [1.54, 1.807) is 11.8 Å². The Morgan fingerprint density at radius 3 is 3.07 bits per heavy atom. The van der Waals surface area contributed by atoms with Crippen LogP contribution in [0.4, 0.5) is 0 Å². The van der Waals surface area contributed by atoms with E-state index < -0.39 is 6.78 Å². The Hall–Kier alpha value is 0.300. The number of hydrogen-bond acceptors (Lipinski definition) is 4. The Kier molecular flexibility index (Phi) is 5.31. The molecule has 1 rings (SSSR count). The molecule has 0 spiro atoms. The SMILES string of the molecule is COC(=O)CN1CCS/C1=N\P(Cl)Cl. The predicted molar refractivity (Wildman–Crippen MR) is 62.1 cm³/mol. The molecule has 4 nitrogen and oxygen atoms in total. The van der Waals surface area contributed by atoms with E-state index in [9.17, 15) is 4.79 Å². The van der Waals surface area contributed by atoms with Crippen LogP contribution in [0.5, 0.6) is 0 Å². The lowest BCUT2D eigenvalue weighted by atomic mass is 10.5. The molecule has 0 radical (unpaired) electrons. The second-order valence-electron chi connectivity index (χ2n) is 2.44. The highest BCUT2D eigenvalue weighted by atomic mass is 35.9. The molecule has 1 aliphatic heterocycles. The molecule has 8 heteroatoms. The third-order valence-electron chi connectivity index (χ3n) is 1.57. The molecule has 0 N–H and O–H groups in total. The van der Waals surface area contributed by atoms with E-state index in [4.69, 9.17) is 22.5 Å². The number of rotatable bonds is 3. The zero-order valence-corrected chi connectivity index (χ0v) is 10.7. The summed E-state index contributed by atoms with van der Waals surface area (Å²) in [7, 11) is 1.36. The molecule has 0 atom stereocenters. The van der Waals surface area contributed by atoms with Gasteiger partial charge in [0.1, 0.15) is 6.54 Å². The number of nitrogens with zero attached hydrogens (tertiary/aromatic N) is 2. The molecule has 1 fully saturated rings. The molecule has 0 aromatic carbocycles. The molecule has 0 aromatic rings. The maximum absolute atomic E-state index is 11.0. The van der Waals surface area contributed by atoms with Crippen LogP contribution in [-0.4, -0.2) is 42.0 Å². The molecule has 80 valence electrons. The monoisotopic (exact) mass is 274 g/mol. The molecule has 1 saturated heterocycles. The lowest BCUT2D eigenvalue weighted by Gasteiger charge is -2.15. The van der Waals surface area contributed by atoms with Gasteiger partial charge in [0.25, 0.3) is 0 Å². The van der Waals surface area contributed by atoms with Gasteiger partial charge in [-0.2, -0.15) is 0 Å². The van der Waals surface area contributed by atoms with Crippen molar-refractivity contribution in [2.45, 2.75) is 0 Å².